The molecule has 0 aliphatic heterocycles. The van der Waals surface area contributed by atoms with Gasteiger partial charge in [0.25, 0.3) is 5.89 Å². The van der Waals surface area contributed by atoms with Crippen molar-refractivity contribution in [2.24, 2.45) is 5.73 Å². The highest BCUT2D eigenvalue weighted by atomic mass is 16.5. The van der Waals surface area contributed by atoms with Gasteiger partial charge >= 0.3 is 0 Å². The van der Waals surface area contributed by atoms with Crippen molar-refractivity contribution >= 4 is 0 Å². The van der Waals surface area contributed by atoms with Gasteiger partial charge in [0.1, 0.15) is 0 Å². The van der Waals surface area contributed by atoms with Crippen molar-refractivity contribution in [1.29, 1.82) is 0 Å². The Hall–Kier alpha value is -1.69. The molecular formula is C8H11N5O. The highest BCUT2D eigenvalue weighted by molar-refractivity contribution is 5.49. The van der Waals surface area contributed by atoms with Gasteiger partial charge in [-0.15, -0.1) is 0 Å². The summed E-state index contributed by atoms with van der Waals surface area (Å²) in [6.07, 6.45) is 3.33. The van der Waals surface area contributed by atoms with Gasteiger partial charge in [0.2, 0.25) is 0 Å². The predicted octanol–water partition coefficient (Wildman–Crippen LogP) is 0.522. The van der Waals surface area contributed by atoms with Crippen molar-refractivity contribution < 1.29 is 4.52 Å². The van der Waals surface area contributed by atoms with Gasteiger partial charge in [0, 0.05) is 18.7 Å². The van der Waals surface area contributed by atoms with E-state index in [9.17, 15) is 0 Å². The van der Waals surface area contributed by atoms with Crippen LogP contribution in [0.15, 0.2) is 16.9 Å². The van der Waals surface area contributed by atoms with Crippen molar-refractivity contribution in [1.82, 2.24) is 20.3 Å². The normalized spacial score (nSPS) is 13.0. The molecule has 14 heavy (non-hydrogen) atoms. The molecule has 2 aromatic heterocycles. The number of hydrogen-bond donors (Lipinski definition) is 2. The van der Waals surface area contributed by atoms with Crippen molar-refractivity contribution in [2.75, 3.05) is 6.54 Å². The van der Waals surface area contributed by atoms with Crippen molar-refractivity contribution in [3.05, 3.63) is 18.2 Å². The number of aromatic nitrogens is 4. The van der Waals surface area contributed by atoms with Crippen molar-refractivity contribution in [3.63, 3.8) is 0 Å². The third kappa shape index (κ3) is 1.51. The lowest BCUT2D eigenvalue weighted by Gasteiger charge is -1.98. The fraction of sp³-hybridized carbons (Fsp3) is 0.375. The van der Waals surface area contributed by atoms with Crippen LogP contribution in [0, 0.1) is 0 Å². The van der Waals surface area contributed by atoms with E-state index in [-0.39, 0.29) is 5.92 Å². The topological polar surface area (TPSA) is 93.6 Å². The number of H-pyrrole nitrogens is 1. The first-order chi connectivity index (χ1) is 6.81. The lowest BCUT2D eigenvalue weighted by molar-refractivity contribution is 0.418. The predicted molar refractivity (Wildman–Crippen MR) is 49.3 cm³/mol. The molecule has 0 aromatic carbocycles. The molecule has 1 atom stereocenters. The van der Waals surface area contributed by atoms with Crippen LogP contribution >= 0.6 is 0 Å². The fourth-order valence-corrected chi connectivity index (χ4v) is 1.03. The van der Waals surface area contributed by atoms with E-state index in [4.69, 9.17) is 10.3 Å². The van der Waals surface area contributed by atoms with Crippen LogP contribution in [0.1, 0.15) is 18.7 Å². The van der Waals surface area contributed by atoms with E-state index >= 15 is 0 Å². The van der Waals surface area contributed by atoms with E-state index in [0.29, 0.717) is 18.3 Å². The highest BCUT2D eigenvalue weighted by Crippen LogP contribution is 2.17. The number of rotatable bonds is 3. The van der Waals surface area contributed by atoms with E-state index in [2.05, 4.69) is 20.3 Å². The summed E-state index contributed by atoms with van der Waals surface area (Å²) in [7, 11) is 0. The van der Waals surface area contributed by atoms with Crippen LogP contribution in [-0.4, -0.2) is 26.9 Å². The van der Waals surface area contributed by atoms with Gasteiger partial charge in [0.15, 0.2) is 5.82 Å². The van der Waals surface area contributed by atoms with Crippen LogP contribution in [0.3, 0.4) is 0 Å². The maximum Gasteiger partial charge on any atom is 0.261 e. The summed E-state index contributed by atoms with van der Waals surface area (Å²) in [4.78, 5) is 4.21. The van der Waals surface area contributed by atoms with Gasteiger partial charge in [-0.3, -0.25) is 5.10 Å². The molecular weight excluding hydrogens is 182 g/mol. The van der Waals surface area contributed by atoms with Crippen LogP contribution in [0.4, 0.5) is 0 Å². The number of hydrogen-bond acceptors (Lipinski definition) is 5. The van der Waals surface area contributed by atoms with Crippen molar-refractivity contribution in [3.8, 4) is 11.5 Å². The fourth-order valence-electron chi connectivity index (χ4n) is 1.03. The second kappa shape index (κ2) is 3.59. The molecule has 0 radical (unpaired) electrons. The SMILES string of the molecule is CC(CN)c1noc(-c2cn[nH]c2)n1. The van der Waals surface area contributed by atoms with Gasteiger partial charge in [-0.2, -0.15) is 10.1 Å². The summed E-state index contributed by atoms with van der Waals surface area (Å²) in [6.45, 7) is 2.45. The first-order valence-electron chi connectivity index (χ1n) is 4.34. The first-order valence-corrected chi connectivity index (χ1v) is 4.34. The Bertz CT molecular complexity index is 394. The molecule has 0 aliphatic rings. The van der Waals surface area contributed by atoms with Crippen LogP contribution in [0.2, 0.25) is 0 Å². The molecule has 1 unspecified atom stereocenters. The molecule has 6 heteroatoms. The molecule has 0 spiro atoms. The Kier molecular flexibility index (Phi) is 2.28. The maximum atomic E-state index is 5.49. The van der Waals surface area contributed by atoms with Gasteiger partial charge in [0.05, 0.1) is 11.8 Å². The summed E-state index contributed by atoms with van der Waals surface area (Å²) in [5, 5.41) is 10.3. The number of nitrogens with one attached hydrogen (secondary N) is 1. The Labute approximate surface area is 80.5 Å². The number of nitrogens with zero attached hydrogens (tertiary/aromatic N) is 3. The third-order valence-electron chi connectivity index (χ3n) is 1.98. The van der Waals surface area contributed by atoms with Gasteiger partial charge < -0.3 is 10.3 Å². The Balaban J connectivity index is 2.26. The van der Waals surface area contributed by atoms with E-state index in [1.807, 2.05) is 6.92 Å². The maximum absolute atomic E-state index is 5.49. The lowest BCUT2D eigenvalue weighted by atomic mass is 10.2. The zero-order chi connectivity index (χ0) is 9.97. The molecule has 6 nitrogen and oxygen atoms in total. The Morgan fingerprint density at radius 3 is 3.14 bits per heavy atom. The molecule has 3 N–H and O–H groups in total. The number of nitrogens with two attached hydrogens (primary N) is 1. The summed E-state index contributed by atoms with van der Waals surface area (Å²) in [5.74, 6) is 1.21. The minimum Gasteiger partial charge on any atom is -0.334 e. The molecule has 74 valence electrons. The zero-order valence-corrected chi connectivity index (χ0v) is 7.77. The summed E-state index contributed by atoms with van der Waals surface area (Å²) in [6, 6.07) is 0. The number of aromatic amines is 1. The molecule has 0 amide bonds. The third-order valence-corrected chi connectivity index (χ3v) is 1.98. The van der Waals surface area contributed by atoms with Crippen LogP contribution in [0.5, 0.6) is 0 Å². The van der Waals surface area contributed by atoms with E-state index < -0.39 is 0 Å². The molecule has 2 rings (SSSR count). The average molecular weight is 193 g/mol. The molecule has 2 aromatic rings. The second-order valence-corrected chi connectivity index (χ2v) is 3.08. The van der Waals surface area contributed by atoms with E-state index in [0.717, 1.165) is 5.56 Å². The van der Waals surface area contributed by atoms with Crippen LogP contribution < -0.4 is 5.73 Å². The molecule has 0 bridgehead atoms. The van der Waals surface area contributed by atoms with E-state index in [1.165, 1.54) is 0 Å². The van der Waals surface area contributed by atoms with Gasteiger partial charge in [-0.1, -0.05) is 12.1 Å². The quantitative estimate of drug-likeness (QED) is 0.741. The summed E-state index contributed by atoms with van der Waals surface area (Å²) < 4.78 is 5.06. The monoisotopic (exact) mass is 193 g/mol. The zero-order valence-electron chi connectivity index (χ0n) is 7.77. The largest absolute Gasteiger partial charge is 0.334 e. The molecule has 2 heterocycles. The van der Waals surface area contributed by atoms with Gasteiger partial charge in [-0.25, -0.2) is 0 Å². The minimum atomic E-state index is 0.111. The van der Waals surface area contributed by atoms with Crippen LogP contribution in [0.25, 0.3) is 11.5 Å². The Morgan fingerprint density at radius 1 is 1.64 bits per heavy atom. The lowest BCUT2D eigenvalue weighted by Crippen LogP contribution is -2.10. The standard InChI is InChI=1S/C8H11N5O/c1-5(2-9)7-12-8(14-13-7)6-3-10-11-4-6/h3-5H,2,9H2,1H3,(H,10,11). The average Bonchev–Trinajstić information content (AvgIpc) is 2.86. The molecule has 0 saturated heterocycles. The second-order valence-electron chi connectivity index (χ2n) is 3.08. The molecule has 0 aliphatic carbocycles. The van der Waals surface area contributed by atoms with Crippen molar-refractivity contribution in [2.45, 2.75) is 12.8 Å². The Morgan fingerprint density at radius 2 is 2.50 bits per heavy atom. The first kappa shape index (κ1) is 8.89. The highest BCUT2D eigenvalue weighted by Gasteiger charge is 2.13. The molecule has 0 fully saturated rings. The van der Waals surface area contributed by atoms with E-state index in [1.54, 1.807) is 12.4 Å². The van der Waals surface area contributed by atoms with Gasteiger partial charge in [-0.05, 0) is 0 Å². The summed E-state index contributed by atoms with van der Waals surface area (Å²) >= 11 is 0. The minimum absolute atomic E-state index is 0.111. The smallest absolute Gasteiger partial charge is 0.261 e. The molecule has 0 saturated carbocycles. The summed E-state index contributed by atoms with van der Waals surface area (Å²) in [5.41, 5.74) is 6.28. The van der Waals surface area contributed by atoms with Crippen LogP contribution in [-0.2, 0) is 0 Å².